The molecule has 0 aliphatic rings. The highest BCUT2D eigenvalue weighted by Gasteiger charge is 2.17. The van der Waals surface area contributed by atoms with E-state index in [4.69, 9.17) is 4.74 Å². The lowest BCUT2D eigenvalue weighted by Gasteiger charge is -2.03. The smallest absolute Gasteiger partial charge is 0.350 e. The number of carbonyl (C=O) groups excluding carboxylic acids is 1. The van der Waals surface area contributed by atoms with Crippen LogP contribution in [-0.2, 0) is 11.3 Å². The Bertz CT molecular complexity index is 718. The maximum absolute atomic E-state index is 12.1. The standard InChI is InChI=1S/C14H13N3O2S2/c1-10-12(21-13(16-10)11-3-8-20-9-11)14(18)19-7-6-17-5-2-4-15-17/h2-5,8-9H,6-7H2,1H3. The van der Waals surface area contributed by atoms with Gasteiger partial charge >= 0.3 is 5.97 Å². The Hall–Kier alpha value is -1.99. The third kappa shape index (κ3) is 3.20. The number of ether oxygens (including phenoxy) is 1. The van der Waals surface area contributed by atoms with E-state index in [1.165, 1.54) is 11.3 Å². The van der Waals surface area contributed by atoms with Crippen molar-refractivity contribution < 1.29 is 9.53 Å². The molecule has 0 atom stereocenters. The van der Waals surface area contributed by atoms with E-state index in [0.717, 1.165) is 10.6 Å². The summed E-state index contributed by atoms with van der Waals surface area (Å²) < 4.78 is 7.01. The van der Waals surface area contributed by atoms with Crippen molar-refractivity contribution in [3.63, 3.8) is 0 Å². The Kier molecular flexibility index (Phi) is 4.12. The second-order valence-electron chi connectivity index (χ2n) is 4.35. The maximum Gasteiger partial charge on any atom is 0.350 e. The van der Waals surface area contributed by atoms with E-state index < -0.39 is 0 Å². The monoisotopic (exact) mass is 319 g/mol. The summed E-state index contributed by atoms with van der Waals surface area (Å²) in [5, 5.41) is 8.93. The second-order valence-corrected chi connectivity index (χ2v) is 6.13. The zero-order valence-corrected chi connectivity index (χ0v) is 13.0. The summed E-state index contributed by atoms with van der Waals surface area (Å²) in [6, 6.07) is 3.83. The van der Waals surface area contributed by atoms with Gasteiger partial charge in [-0.1, -0.05) is 0 Å². The van der Waals surface area contributed by atoms with Crippen LogP contribution in [0.5, 0.6) is 0 Å². The van der Waals surface area contributed by atoms with Gasteiger partial charge in [0, 0.05) is 23.3 Å². The molecule has 0 saturated heterocycles. The zero-order chi connectivity index (χ0) is 14.7. The van der Waals surface area contributed by atoms with Crippen molar-refractivity contribution in [1.82, 2.24) is 14.8 Å². The Labute approximate surface area is 129 Å². The number of carbonyl (C=O) groups is 1. The molecule has 0 saturated carbocycles. The van der Waals surface area contributed by atoms with Crippen LogP contribution < -0.4 is 0 Å². The molecule has 0 spiro atoms. The molecule has 0 bridgehead atoms. The minimum atomic E-state index is -0.321. The van der Waals surface area contributed by atoms with Gasteiger partial charge in [-0.05, 0) is 24.4 Å². The predicted octanol–water partition coefficient (Wildman–Crippen LogP) is 3.23. The van der Waals surface area contributed by atoms with Crippen molar-refractivity contribution in [2.45, 2.75) is 13.5 Å². The predicted molar refractivity (Wildman–Crippen MR) is 82.7 cm³/mol. The summed E-state index contributed by atoms with van der Waals surface area (Å²) in [5.74, 6) is -0.321. The fourth-order valence-electron chi connectivity index (χ4n) is 1.83. The van der Waals surface area contributed by atoms with E-state index in [9.17, 15) is 4.79 Å². The molecular formula is C14H13N3O2S2. The summed E-state index contributed by atoms with van der Waals surface area (Å²) >= 11 is 2.98. The summed E-state index contributed by atoms with van der Waals surface area (Å²) in [6.07, 6.45) is 3.53. The van der Waals surface area contributed by atoms with Crippen molar-refractivity contribution in [2.24, 2.45) is 0 Å². The minimum Gasteiger partial charge on any atom is -0.459 e. The molecule has 5 nitrogen and oxygen atoms in total. The van der Waals surface area contributed by atoms with Crippen LogP contribution in [0.3, 0.4) is 0 Å². The van der Waals surface area contributed by atoms with Crippen LogP contribution in [0.2, 0.25) is 0 Å². The highest BCUT2D eigenvalue weighted by Crippen LogP contribution is 2.29. The highest BCUT2D eigenvalue weighted by molar-refractivity contribution is 7.17. The first kappa shape index (κ1) is 14.0. The molecule has 3 rings (SSSR count). The lowest BCUT2D eigenvalue weighted by molar-refractivity contribution is 0.0492. The van der Waals surface area contributed by atoms with Crippen molar-refractivity contribution >= 4 is 28.6 Å². The van der Waals surface area contributed by atoms with Gasteiger partial charge in [-0.2, -0.15) is 16.4 Å². The van der Waals surface area contributed by atoms with Gasteiger partial charge in [-0.15, -0.1) is 11.3 Å². The van der Waals surface area contributed by atoms with Crippen LogP contribution in [0.25, 0.3) is 10.6 Å². The van der Waals surface area contributed by atoms with Crippen molar-refractivity contribution in [1.29, 1.82) is 0 Å². The number of rotatable bonds is 5. The van der Waals surface area contributed by atoms with E-state index in [-0.39, 0.29) is 5.97 Å². The van der Waals surface area contributed by atoms with Gasteiger partial charge in [0.25, 0.3) is 0 Å². The SMILES string of the molecule is Cc1nc(-c2ccsc2)sc1C(=O)OCCn1cccn1. The summed E-state index contributed by atoms with van der Waals surface area (Å²) in [6.45, 7) is 2.68. The van der Waals surface area contributed by atoms with Crippen molar-refractivity contribution in [3.8, 4) is 10.6 Å². The van der Waals surface area contributed by atoms with Gasteiger partial charge < -0.3 is 4.74 Å². The van der Waals surface area contributed by atoms with Gasteiger partial charge in [0.2, 0.25) is 0 Å². The summed E-state index contributed by atoms with van der Waals surface area (Å²) in [5.41, 5.74) is 1.76. The molecule has 3 aromatic rings. The minimum absolute atomic E-state index is 0.297. The second kappa shape index (κ2) is 6.19. The van der Waals surface area contributed by atoms with E-state index in [2.05, 4.69) is 10.1 Å². The molecule has 21 heavy (non-hydrogen) atoms. The average Bonchev–Trinajstić information content (AvgIpc) is 3.19. The number of hydrogen-bond donors (Lipinski definition) is 0. The molecule has 0 aromatic carbocycles. The normalized spacial score (nSPS) is 10.7. The topological polar surface area (TPSA) is 57.0 Å². The Morgan fingerprint density at radius 2 is 2.38 bits per heavy atom. The lowest BCUT2D eigenvalue weighted by atomic mass is 10.3. The van der Waals surface area contributed by atoms with E-state index in [1.54, 1.807) is 22.2 Å². The molecule has 0 aliphatic carbocycles. The molecule has 0 fully saturated rings. The molecular weight excluding hydrogens is 306 g/mol. The number of esters is 1. The van der Waals surface area contributed by atoms with Gasteiger partial charge in [-0.3, -0.25) is 4.68 Å². The Balaban J connectivity index is 1.64. The average molecular weight is 319 g/mol. The zero-order valence-electron chi connectivity index (χ0n) is 11.4. The third-order valence-corrected chi connectivity index (χ3v) is 4.73. The maximum atomic E-state index is 12.1. The first-order valence-corrected chi connectivity index (χ1v) is 8.14. The Morgan fingerprint density at radius 3 is 3.10 bits per heavy atom. The molecule has 7 heteroatoms. The van der Waals surface area contributed by atoms with Gasteiger partial charge in [-0.25, -0.2) is 9.78 Å². The van der Waals surface area contributed by atoms with Crippen LogP contribution in [0.1, 0.15) is 15.4 Å². The van der Waals surface area contributed by atoms with Crippen LogP contribution in [0.4, 0.5) is 0 Å². The third-order valence-electron chi connectivity index (χ3n) is 2.86. The number of thiophene rings is 1. The lowest BCUT2D eigenvalue weighted by Crippen LogP contribution is -2.11. The van der Waals surface area contributed by atoms with Crippen LogP contribution in [-0.4, -0.2) is 27.3 Å². The molecule has 0 aliphatic heterocycles. The highest BCUT2D eigenvalue weighted by atomic mass is 32.1. The molecule has 0 radical (unpaired) electrons. The van der Waals surface area contributed by atoms with Crippen LogP contribution >= 0.6 is 22.7 Å². The van der Waals surface area contributed by atoms with Gasteiger partial charge in [0.15, 0.2) is 0 Å². The molecule has 3 aromatic heterocycles. The van der Waals surface area contributed by atoms with Gasteiger partial charge in [0.05, 0.1) is 12.2 Å². The number of hydrogen-bond acceptors (Lipinski definition) is 6. The van der Waals surface area contributed by atoms with Crippen LogP contribution in [0.15, 0.2) is 35.3 Å². The first-order valence-electron chi connectivity index (χ1n) is 6.38. The molecule has 3 heterocycles. The first-order chi connectivity index (χ1) is 10.2. The van der Waals surface area contributed by atoms with E-state index >= 15 is 0 Å². The molecule has 108 valence electrons. The van der Waals surface area contributed by atoms with E-state index in [0.29, 0.717) is 23.7 Å². The summed E-state index contributed by atoms with van der Waals surface area (Å²) in [4.78, 5) is 17.1. The van der Waals surface area contributed by atoms with Crippen LogP contribution in [0, 0.1) is 6.92 Å². The molecule has 0 amide bonds. The summed E-state index contributed by atoms with van der Waals surface area (Å²) in [7, 11) is 0. The van der Waals surface area contributed by atoms with Crippen molar-refractivity contribution in [2.75, 3.05) is 6.61 Å². The fourth-order valence-corrected chi connectivity index (χ4v) is 3.50. The number of aryl methyl sites for hydroxylation is 1. The Morgan fingerprint density at radius 1 is 1.48 bits per heavy atom. The fraction of sp³-hybridized carbons (Fsp3) is 0.214. The molecule has 0 N–H and O–H groups in total. The number of aromatic nitrogens is 3. The van der Waals surface area contributed by atoms with Gasteiger partial charge in [0.1, 0.15) is 16.5 Å². The van der Waals surface area contributed by atoms with E-state index in [1.807, 2.05) is 36.0 Å². The largest absolute Gasteiger partial charge is 0.459 e. The quantitative estimate of drug-likeness (QED) is 0.678. The molecule has 0 unspecified atom stereocenters. The number of nitrogens with zero attached hydrogens (tertiary/aromatic N) is 3. The number of thiazole rings is 1. The van der Waals surface area contributed by atoms with Crippen molar-refractivity contribution in [3.05, 3.63) is 45.9 Å².